The normalized spacial score (nSPS) is 11.9. The van der Waals surface area contributed by atoms with Crippen molar-refractivity contribution in [3.05, 3.63) is 18.1 Å². The molecule has 0 atom stereocenters. The van der Waals surface area contributed by atoms with Gasteiger partial charge in [-0.3, -0.25) is 0 Å². The summed E-state index contributed by atoms with van der Waals surface area (Å²) in [5, 5.41) is 15.4. The van der Waals surface area contributed by atoms with E-state index in [1.165, 1.54) is 24.0 Å². The number of oxime groups is 1. The Morgan fingerprint density at radius 1 is 1.53 bits per heavy atom. The van der Waals surface area contributed by atoms with Crippen molar-refractivity contribution < 1.29 is 9.94 Å². The summed E-state index contributed by atoms with van der Waals surface area (Å²) in [4.78, 5) is 7.84. The Morgan fingerprint density at radius 2 is 2.33 bits per heavy atom. The smallest absolute Gasteiger partial charge is 0.334 e. The number of methoxy groups -OCH3 is 1. The maximum Gasteiger partial charge on any atom is 0.334 e. The quantitative estimate of drug-likeness (QED) is 0.290. The standard InChI is InChI=1S/C7H8N6O2/c1-15-7-10-3-5-9-2-4(6(8)12-14)13(5)11-7/h2-3,14H,1H3,(H2,8,12). The van der Waals surface area contributed by atoms with Crippen LogP contribution in [0.4, 0.5) is 0 Å². The Morgan fingerprint density at radius 3 is 3.00 bits per heavy atom. The van der Waals surface area contributed by atoms with Crippen LogP contribution in [0.2, 0.25) is 0 Å². The third kappa shape index (κ3) is 1.41. The first-order valence-electron chi connectivity index (χ1n) is 3.99. The van der Waals surface area contributed by atoms with E-state index in [4.69, 9.17) is 15.7 Å². The predicted octanol–water partition coefficient (Wildman–Crippen LogP) is -0.773. The number of imidazole rings is 1. The van der Waals surface area contributed by atoms with Gasteiger partial charge in [0.2, 0.25) is 0 Å². The van der Waals surface area contributed by atoms with Gasteiger partial charge in [0.15, 0.2) is 11.5 Å². The van der Waals surface area contributed by atoms with Crippen molar-refractivity contribution in [1.29, 1.82) is 0 Å². The van der Waals surface area contributed by atoms with Crippen LogP contribution in [0.25, 0.3) is 5.65 Å². The monoisotopic (exact) mass is 208 g/mol. The molecule has 0 fully saturated rings. The second-order valence-corrected chi connectivity index (χ2v) is 2.64. The summed E-state index contributed by atoms with van der Waals surface area (Å²) in [6.07, 6.45) is 2.90. The van der Waals surface area contributed by atoms with E-state index in [9.17, 15) is 0 Å². The topological polar surface area (TPSA) is 111 Å². The van der Waals surface area contributed by atoms with Crippen molar-refractivity contribution in [3.8, 4) is 6.01 Å². The molecule has 8 nitrogen and oxygen atoms in total. The third-order valence-corrected chi connectivity index (χ3v) is 1.79. The zero-order valence-corrected chi connectivity index (χ0v) is 7.82. The maximum absolute atomic E-state index is 8.54. The van der Waals surface area contributed by atoms with Gasteiger partial charge in [-0.15, -0.1) is 5.10 Å². The number of fused-ring (bicyclic) bond motifs is 1. The molecule has 8 heteroatoms. The highest BCUT2D eigenvalue weighted by atomic mass is 16.5. The molecule has 0 aliphatic rings. The molecule has 0 radical (unpaired) electrons. The summed E-state index contributed by atoms with van der Waals surface area (Å²) in [7, 11) is 1.45. The van der Waals surface area contributed by atoms with Crippen molar-refractivity contribution in [3.63, 3.8) is 0 Å². The van der Waals surface area contributed by atoms with Crippen LogP contribution in [0.1, 0.15) is 5.69 Å². The van der Waals surface area contributed by atoms with Crippen LogP contribution in [0, 0.1) is 0 Å². The molecule has 2 aromatic heterocycles. The van der Waals surface area contributed by atoms with E-state index in [0.717, 1.165) is 0 Å². The first-order valence-corrected chi connectivity index (χ1v) is 3.99. The lowest BCUT2D eigenvalue weighted by molar-refractivity contribution is 0.318. The van der Waals surface area contributed by atoms with Crippen LogP contribution in [0.3, 0.4) is 0 Å². The minimum atomic E-state index is -0.0803. The molecule has 0 bridgehead atoms. The summed E-state index contributed by atoms with van der Waals surface area (Å²) in [5.41, 5.74) is 6.29. The number of nitrogens with zero attached hydrogens (tertiary/aromatic N) is 5. The molecule has 2 heterocycles. The summed E-state index contributed by atoms with van der Waals surface area (Å²) >= 11 is 0. The lowest BCUT2D eigenvalue weighted by Crippen LogP contribution is -2.16. The summed E-state index contributed by atoms with van der Waals surface area (Å²) < 4.78 is 6.22. The molecule has 3 N–H and O–H groups in total. The summed E-state index contributed by atoms with van der Waals surface area (Å²) in [6, 6.07) is 0.174. The second-order valence-electron chi connectivity index (χ2n) is 2.64. The number of ether oxygens (including phenoxy) is 1. The van der Waals surface area contributed by atoms with E-state index in [0.29, 0.717) is 11.3 Å². The Labute approximate surface area is 84.0 Å². The Balaban J connectivity index is 2.66. The Hall–Kier alpha value is -2.38. The zero-order valence-electron chi connectivity index (χ0n) is 7.82. The minimum absolute atomic E-state index is 0.0803. The van der Waals surface area contributed by atoms with Crippen molar-refractivity contribution >= 4 is 11.5 Å². The van der Waals surface area contributed by atoms with Crippen molar-refractivity contribution in [2.75, 3.05) is 7.11 Å². The van der Waals surface area contributed by atoms with Gasteiger partial charge in [-0.05, 0) is 0 Å². The summed E-state index contributed by atoms with van der Waals surface area (Å²) in [6.45, 7) is 0. The van der Waals surface area contributed by atoms with Crippen LogP contribution in [0.15, 0.2) is 17.5 Å². The molecule has 15 heavy (non-hydrogen) atoms. The molecule has 0 spiro atoms. The maximum atomic E-state index is 8.54. The van der Waals surface area contributed by atoms with Crippen LogP contribution in [0.5, 0.6) is 6.01 Å². The number of nitrogens with two attached hydrogens (primary N) is 1. The molecular weight excluding hydrogens is 200 g/mol. The second kappa shape index (κ2) is 3.40. The minimum Gasteiger partial charge on any atom is -0.466 e. The molecular formula is C7H8N6O2. The van der Waals surface area contributed by atoms with Gasteiger partial charge in [-0.25, -0.2) is 9.50 Å². The van der Waals surface area contributed by atoms with Gasteiger partial charge in [-0.1, -0.05) is 5.16 Å². The van der Waals surface area contributed by atoms with E-state index < -0.39 is 0 Å². The fraction of sp³-hybridized carbons (Fsp3) is 0.143. The fourth-order valence-electron chi connectivity index (χ4n) is 1.10. The largest absolute Gasteiger partial charge is 0.466 e. The van der Waals surface area contributed by atoms with Gasteiger partial charge in [0.25, 0.3) is 0 Å². The van der Waals surface area contributed by atoms with Crippen molar-refractivity contribution in [2.24, 2.45) is 10.9 Å². The molecule has 2 rings (SSSR count). The number of amidine groups is 1. The van der Waals surface area contributed by atoms with Crippen LogP contribution in [-0.2, 0) is 0 Å². The SMILES string of the molecule is COc1ncc2ncc(/C(N)=N\O)n2n1. The number of hydrogen-bond acceptors (Lipinski definition) is 6. The molecule has 0 saturated heterocycles. The van der Waals surface area contributed by atoms with Gasteiger partial charge in [-0.2, -0.15) is 4.98 Å². The lowest BCUT2D eigenvalue weighted by atomic mass is 10.4. The van der Waals surface area contributed by atoms with E-state index >= 15 is 0 Å². The average molecular weight is 208 g/mol. The molecule has 0 saturated carbocycles. The predicted molar refractivity (Wildman–Crippen MR) is 49.8 cm³/mol. The van der Waals surface area contributed by atoms with Gasteiger partial charge in [0.1, 0.15) is 5.69 Å². The molecule has 78 valence electrons. The van der Waals surface area contributed by atoms with E-state index in [1.54, 1.807) is 0 Å². The number of hydrogen-bond donors (Lipinski definition) is 2. The number of aromatic nitrogens is 4. The molecule has 0 aromatic carbocycles. The van der Waals surface area contributed by atoms with E-state index in [-0.39, 0.29) is 11.8 Å². The van der Waals surface area contributed by atoms with Gasteiger partial charge in [0.05, 0.1) is 19.5 Å². The highest BCUT2D eigenvalue weighted by molar-refractivity contribution is 5.95. The van der Waals surface area contributed by atoms with Crippen LogP contribution in [-0.4, -0.2) is 37.7 Å². The average Bonchev–Trinajstić information content (AvgIpc) is 2.70. The molecule has 2 aromatic rings. The number of rotatable bonds is 2. The van der Waals surface area contributed by atoms with Crippen molar-refractivity contribution in [2.45, 2.75) is 0 Å². The first kappa shape index (κ1) is 9.19. The zero-order chi connectivity index (χ0) is 10.8. The third-order valence-electron chi connectivity index (χ3n) is 1.79. The van der Waals surface area contributed by atoms with Gasteiger partial charge < -0.3 is 15.7 Å². The highest BCUT2D eigenvalue weighted by Gasteiger charge is 2.10. The Bertz CT molecular complexity index is 519. The van der Waals surface area contributed by atoms with Crippen molar-refractivity contribution in [1.82, 2.24) is 19.6 Å². The molecule has 0 amide bonds. The van der Waals surface area contributed by atoms with E-state index in [1.807, 2.05) is 0 Å². The van der Waals surface area contributed by atoms with Gasteiger partial charge in [0, 0.05) is 0 Å². The summed E-state index contributed by atoms with van der Waals surface area (Å²) in [5.74, 6) is -0.0803. The van der Waals surface area contributed by atoms with E-state index in [2.05, 4.69) is 20.2 Å². The highest BCUT2D eigenvalue weighted by Crippen LogP contribution is 2.06. The first-order chi connectivity index (χ1) is 7.26. The molecule has 0 unspecified atom stereocenters. The van der Waals surface area contributed by atoms with Crippen LogP contribution >= 0.6 is 0 Å². The van der Waals surface area contributed by atoms with Gasteiger partial charge >= 0.3 is 6.01 Å². The Kier molecular flexibility index (Phi) is 2.08. The molecule has 0 aliphatic carbocycles. The molecule has 0 aliphatic heterocycles. The lowest BCUT2D eigenvalue weighted by Gasteiger charge is -2.00. The fourth-order valence-corrected chi connectivity index (χ4v) is 1.10. The van der Waals surface area contributed by atoms with Crippen LogP contribution < -0.4 is 10.5 Å².